The van der Waals surface area contributed by atoms with Crippen molar-refractivity contribution in [2.24, 2.45) is 5.92 Å². The van der Waals surface area contributed by atoms with Crippen molar-refractivity contribution in [3.8, 4) is 0 Å². The molecule has 1 saturated heterocycles. The van der Waals surface area contributed by atoms with Gasteiger partial charge >= 0.3 is 0 Å². The van der Waals surface area contributed by atoms with E-state index in [0.29, 0.717) is 34.3 Å². The summed E-state index contributed by atoms with van der Waals surface area (Å²) >= 11 is 12.2. The number of pyridine rings is 1. The van der Waals surface area contributed by atoms with Crippen LogP contribution in [0.1, 0.15) is 48.4 Å². The lowest BCUT2D eigenvalue weighted by Crippen LogP contribution is -2.39. The van der Waals surface area contributed by atoms with Gasteiger partial charge in [0.2, 0.25) is 0 Å². The summed E-state index contributed by atoms with van der Waals surface area (Å²) in [4.78, 5) is 17.3. The summed E-state index contributed by atoms with van der Waals surface area (Å²) in [5.74, 6) is -0.0424. The van der Waals surface area contributed by atoms with Gasteiger partial charge in [-0.05, 0) is 54.9 Å². The van der Waals surface area contributed by atoms with Gasteiger partial charge in [0, 0.05) is 28.2 Å². The number of hydrogen-bond donors (Lipinski definition) is 0. The van der Waals surface area contributed by atoms with Gasteiger partial charge in [0.05, 0.1) is 12.3 Å². The zero-order valence-electron chi connectivity index (χ0n) is 14.6. The number of ether oxygens (including phenoxy) is 1. The summed E-state index contributed by atoms with van der Waals surface area (Å²) in [7, 11) is 0. The van der Waals surface area contributed by atoms with Crippen LogP contribution in [0.3, 0.4) is 0 Å². The third-order valence-electron chi connectivity index (χ3n) is 6.21. The first kappa shape index (κ1) is 17.6. The Morgan fingerprint density at radius 2 is 2.11 bits per heavy atom. The second-order valence-electron chi connectivity index (χ2n) is 7.88. The minimum atomic E-state index is -1.97. The predicted molar refractivity (Wildman–Crippen MR) is 101 cm³/mol. The molecule has 1 aromatic carbocycles. The summed E-state index contributed by atoms with van der Waals surface area (Å²) in [6.45, 7) is 0.557. The zero-order chi connectivity index (χ0) is 18.8. The lowest BCUT2D eigenvalue weighted by molar-refractivity contribution is -0.133. The van der Waals surface area contributed by atoms with E-state index in [4.69, 9.17) is 27.9 Å². The fourth-order valence-electron chi connectivity index (χ4n) is 4.43. The van der Waals surface area contributed by atoms with E-state index < -0.39 is 11.3 Å². The van der Waals surface area contributed by atoms with E-state index in [1.165, 1.54) is 0 Å². The number of epoxide rings is 1. The monoisotopic (exact) mass is 405 g/mol. The molecule has 2 heterocycles. The van der Waals surface area contributed by atoms with E-state index in [1.807, 2.05) is 6.07 Å². The van der Waals surface area contributed by atoms with E-state index >= 15 is 4.39 Å². The minimum absolute atomic E-state index is 0.122. The van der Waals surface area contributed by atoms with Crippen LogP contribution in [0.15, 0.2) is 36.5 Å². The quantitative estimate of drug-likeness (QED) is 0.645. The molecule has 27 heavy (non-hydrogen) atoms. The number of carbonyl (C=O) groups is 1. The largest absolute Gasteiger partial charge is 0.363 e. The molecule has 0 N–H and O–H groups in total. The number of benzene rings is 1. The van der Waals surface area contributed by atoms with Crippen LogP contribution in [0.5, 0.6) is 0 Å². The zero-order valence-corrected chi connectivity index (χ0v) is 16.1. The molecular formula is C21H18Cl2FNO2. The van der Waals surface area contributed by atoms with Crippen molar-refractivity contribution in [2.45, 2.75) is 42.9 Å². The molecule has 1 spiro atoms. The standard InChI is InChI=1S/C21H18Cl2FNO2/c22-13-3-4-14(17(23)10-13)15-8-12(15)9-18(26)21(24)6-5-20(11-27-20)19-16(21)2-1-7-25-19/h1-4,7,10,12,15H,5-6,8-9,11H2/t12?,15?,20-,21+/m1/s1. The number of aromatic nitrogens is 1. The van der Waals surface area contributed by atoms with Crippen molar-refractivity contribution >= 4 is 29.0 Å². The Kier molecular flexibility index (Phi) is 3.91. The molecule has 140 valence electrons. The number of ketones is 1. The number of alkyl halides is 1. The van der Waals surface area contributed by atoms with Gasteiger partial charge in [-0.2, -0.15) is 0 Å². The molecule has 1 saturated carbocycles. The Labute approximate surface area is 166 Å². The number of rotatable bonds is 4. The first-order valence-corrected chi connectivity index (χ1v) is 9.96. The van der Waals surface area contributed by atoms with Gasteiger partial charge in [-0.15, -0.1) is 0 Å². The molecule has 6 heteroatoms. The fraction of sp³-hybridized carbons (Fsp3) is 0.429. The van der Waals surface area contributed by atoms with Crippen LogP contribution < -0.4 is 0 Å². The van der Waals surface area contributed by atoms with Gasteiger partial charge in [-0.3, -0.25) is 9.78 Å². The maximum Gasteiger partial charge on any atom is 0.195 e. The van der Waals surface area contributed by atoms with E-state index in [0.717, 1.165) is 12.0 Å². The highest BCUT2D eigenvalue weighted by molar-refractivity contribution is 6.35. The van der Waals surface area contributed by atoms with Gasteiger partial charge in [0.15, 0.2) is 11.5 Å². The highest BCUT2D eigenvalue weighted by Crippen LogP contribution is 2.56. The first-order chi connectivity index (χ1) is 12.9. The third-order valence-corrected chi connectivity index (χ3v) is 6.77. The number of Topliss-reactive ketones (excluding diaryl/α,β-unsaturated/α-hetero) is 1. The molecule has 1 aromatic heterocycles. The Hall–Kier alpha value is -1.49. The molecule has 4 atom stereocenters. The van der Waals surface area contributed by atoms with Crippen LogP contribution in [0, 0.1) is 5.92 Å². The summed E-state index contributed by atoms with van der Waals surface area (Å²) in [5, 5.41) is 1.19. The Balaban J connectivity index is 1.36. The SMILES string of the molecule is O=C(CC1CC1c1ccc(Cl)cc1Cl)[C@]1(F)CC[C@@]2(CO2)c2ncccc21. The highest BCUT2D eigenvalue weighted by atomic mass is 35.5. The smallest absolute Gasteiger partial charge is 0.195 e. The summed E-state index contributed by atoms with van der Waals surface area (Å²) in [5.41, 5.74) is -0.466. The summed E-state index contributed by atoms with van der Waals surface area (Å²) in [6.07, 6.45) is 3.34. The van der Waals surface area contributed by atoms with Crippen molar-refractivity contribution in [2.75, 3.05) is 6.61 Å². The van der Waals surface area contributed by atoms with Crippen LogP contribution in [0.2, 0.25) is 10.0 Å². The fourth-order valence-corrected chi connectivity index (χ4v) is 4.98. The summed E-state index contributed by atoms with van der Waals surface area (Å²) < 4.78 is 21.5. The van der Waals surface area contributed by atoms with Gasteiger partial charge < -0.3 is 4.74 Å². The normalized spacial score (nSPS) is 33.6. The van der Waals surface area contributed by atoms with Crippen molar-refractivity contribution in [1.29, 1.82) is 0 Å². The van der Waals surface area contributed by atoms with Crippen molar-refractivity contribution in [1.82, 2.24) is 4.98 Å². The molecule has 3 aliphatic rings. The van der Waals surface area contributed by atoms with Crippen LogP contribution in [0.4, 0.5) is 4.39 Å². The number of nitrogens with zero attached hydrogens (tertiary/aromatic N) is 1. The average Bonchev–Trinajstić information content (AvgIpc) is 3.57. The predicted octanol–water partition coefficient (Wildman–Crippen LogP) is 5.34. The molecule has 5 rings (SSSR count). The van der Waals surface area contributed by atoms with Crippen molar-refractivity contribution in [3.05, 3.63) is 63.4 Å². The molecule has 2 fully saturated rings. The van der Waals surface area contributed by atoms with Crippen molar-refractivity contribution < 1.29 is 13.9 Å². The van der Waals surface area contributed by atoms with Crippen LogP contribution in [0.25, 0.3) is 0 Å². The van der Waals surface area contributed by atoms with E-state index in [-0.39, 0.29) is 30.5 Å². The second kappa shape index (κ2) is 6.00. The van der Waals surface area contributed by atoms with Gasteiger partial charge in [-0.1, -0.05) is 35.3 Å². The molecule has 2 unspecified atom stereocenters. The Bertz CT molecular complexity index is 946. The van der Waals surface area contributed by atoms with Gasteiger partial charge in [-0.25, -0.2) is 4.39 Å². The third kappa shape index (κ3) is 2.81. The first-order valence-electron chi connectivity index (χ1n) is 9.20. The van der Waals surface area contributed by atoms with Crippen LogP contribution in [-0.2, 0) is 20.8 Å². The topological polar surface area (TPSA) is 42.5 Å². The molecule has 0 bridgehead atoms. The van der Waals surface area contributed by atoms with Crippen molar-refractivity contribution in [3.63, 3.8) is 0 Å². The number of carbonyl (C=O) groups excluding carboxylic acids is 1. The molecule has 2 aromatic rings. The molecule has 2 aliphatic carbocycles. The molecule has 3 nitrogen and oxygen atoms in total. The van der Waals surface area contributed by atoms with E-state index in [2.05, 4.69) is 4.98 Å². The number of halogens is 3. The van der Waals surface area contributed by atoms with Gasteiger partial charge in [0.1, 0.15) is 5.60 Å². The molecular weight excluding hydrogens is 388 g/mol. The highest BCUT2D eigenvalue weighted by Gasteiger charge is 2.59. The maximum absolute atomic E-state index is 15.9. The Morgan fingerprint density at radius 1 is 1.30 bits per heavy atom. The Morgan fingerprint density at radius 3 is 2.85 bits per heavy atom. The molecule has 0 radical (unpaired) electrons. The number of fused-ring (bicyclic) bond motifs is 2. The maximum atomic E-state index is 15.9. The molecule has 0 amide bonds. The lowest BCUT2D eigenvalue weighted by Gasteiger charge is -2.33. The molecule has 1 aliphatic heterocycles. The summed E-state index contributed by atoms with van der Waals surface area (Å²) in [6, 6.07) is 8.79. The number of hydrogen-bond acceptors (Lipinski definition) is 3. The van der Waals surface area contributed by atoms with E-state index in [1.54, 1.807) is 30.5 Å². The lowest BCUT2D eigenvalue weighted by atomic mass is 9.74. The second-order valence-corrected chi connectivity index (χ2v) is 8.72. The van der Waals surface area contributed by atoms with Crippen LogP contribution >= 0.6 is 23.2 Å². The van der Waals surface area contributed by atoms with E-state index in [9.17, 15) is 4.79 Å². The average molecular weight is 406 g/mol. The van der Waals surface area contributed by atoms with Gasteiger partial charge in [0.25, 0.3) is 0 Å². The van der Waals surface area contributed by atoms with Crippen LogP contribution in [-0.4, -0.2) is 17.4 Å². The minimum Gasteiger partial charge on any atom is -0.363 e.